The van der Waals surface area contributed by atoms with Crippen molar-refractivity contribution in [3.8, 4) is 5.75 Å². The molecule has 0 aromatic heterocycles. The first-order chi connectivity index (χ1) is 11.2. The van der Waals surface area contributed by atoms with Gasteiger partial charge in [0.25, 0.3) is 0 Å². The molecule has 0 unspecified atom stereocenters. The Morgan fingerprint density at radius 3 is 2.39 bits per heavy atom. The molecule has 0 saturated carbocycles. The standard InChI is InChI=1S/C18H21N3OS/c1-14(12-15-8-10-17(22-2)11-9-15)20-21-18(23)19-13-16-6-4-3-5-7-16/h3-11H,12-13H2,1-2H3,(H2,19,21,23)/b20-14-. The summed E-state index contributed by atoms with van der Waals surface area (Å²) in [5, 5.41) is 7.95. The van der Waals surface area contributed by atoms with Crippen LogP contribution in [0.2, 0.25) is 0 Å². The van der Waals surface area contributed by atoms with E-state index in [9.17, 15) is 0 Å². The van der Waals surface area contributed by atoms with Gasteiger partial charge in [0, 0.05) is 18.7 Å². The van der Waals surface area contributed by atoms with Crippen LogP contribution in [0.4, 0.5) is 0 Å². The van der Waals surface area contributed by atoms with Gasteiger partial charge in [-0.1, -0.05) is 42.5 Å². The van der Waals surface area contributed by atoms with Crippen LogP contribution in [0.3, 0.4) is 0 Å². The summed E-state index contributed by atoms with van der Waals surface area (Å²) < 4.78 is 5.15. The highest BCUT2D eigenvalue weighted by Crippen LogP contribution is 2.11. The lowest BCUT2D eigenvalue weighted by Crippen LogP contribution is -2.32. The average Bonchev–Trinajstić information content (AvgIpc) is 2.60. The van der Waals surface area contributed by atoms with Crippen LogP contribution in [0.15, 0.2) is 59.7 Å². The van der Waals surface area contributed by atoms with Crippen molar-refractivity contribution in [3.63, 3.8) is 0 Å². The maximum Gasteiger partial charge on any atom is 0.187 e. The molecule has 0 bridgehead atoms. The third-order valence-electron chi connectivity index (χ3n) is 3.26. The first-order valence-electron chi connectivity index (χ1n) is 7.41. The van der Waals surface area contributed by atoms with Gasteiger partial charge in [-0.25, -0.2) is 0 Å². The molecule has 0 saturated heterocycles. The zero-order valence-corrected chi connectivity index (χ0v) is 14.2. The van der Waals surface area contributed by atoms with Gasteiger partial charge in [-0.3, -0.25) is 5.43 Å². The molecule has 4 nitrogen and oxygen atoms in total. The molecule has 5 heteroatoms. The normalized spacial score (nSPS) is 11.0. The molecular formula is C18H21N3OS. The summed E-state index contributed by atoms with van der Waals surface area (Å²) in [5.41, 5.74) is 6.19. The molecule has 0 atom stereocenters. The Morgan fingerprint density at radius 2 is 1.74 bits per heavy atom. The topological polar surface area (TPSA) is 45.6 Å². The molecule has 2 aromatic carbocycles. The molecule has 0 heterocycles. The van der Waals surface area contributed by atoms with E-state index in [0.717, 1.165) is 17.9 Å². The zero-order chi connectivity index (χ0) is 16.5. The number of rotatable bonds is 6. The fourth-order valence-electron chi connectivity index (χ4n) is 2.04. The monoisotopic (exact) mass is 327 g/mol. The number of hydrazone groups is 1. The van der Waals surface area contributed by atoms with Crippen molar-refractivity contribution >= 4 is 23.0 Å². The van der Waals surface area contributed by atoms with Crippen LogP contribution in [-0.2, 0) is 13.0 Å². The largest absolute Gasteiger partial charge is 0.497 e. The Bertz CT molecular complexity index is 654. The zero-order valence-electron chi connectivity index (χ0n) is 13.4. The Hall–Kier alpha value is -2.40. The summed E-state index contributed by atoms with van der Waals surface area (Å²) in [4.78, 5) is 0. The van der Waals surface area contributed by atoms with Crippen LogP contribution in [0, 0.1) is 0 Å². The SMILES string of the molecule is COc1ccc(C/C(C)=N\NC(=S)NCc2ccccc2)cc1. The van der Waals surface area contributed by atoms with Crippen LogP contribution in [0.25, 0.3) is 0 Å². The minimum atomic E-state index is 0.517. The van der Waals surface area contributed by atoms with Gasteiger partial charge < -0.3 is 10.1 Å². The molecule has 23 heavy (non-hydrogen) atoms. The quantitative estimate of drug-likeness (QED) is 0.485. The Balaban J connectivity index is 1.77. The van der Waals surface area contributed by atoms with Gasteiger partial charge in [0.1, 0.15) is 5.75 Å². The van der Waals surface area contributed by atoms with Crippen LogP contribution < -0.4 is 15.5 Å². The first kappa shape index (κ1) is 17.0. The summed E-state index contributed by atoms with van der Waals surface area (Å²) in [5.74, 6) is 0.854. The van der Waals surface area contributed by atoms with Crippen molar-refractivity contribution in [1.82, 2.24) is 10.7 Å². The van der Waals surface area contributed by atoms with E-state index in [1.807, 2.05) is 61.5 Å². The number of ether oxygens (including phenoxy) is 1. The minimum absolute atomic E-state index is 0.517. The molecule has 0 aliphatic rings. The van der Waals surface area contributed by atoms with Crippen LogP contribution in [0.5, 0.6) is 5.75 Å². The van der Waals surface area contributed by atoms with Crippen molar-refractivity contribution in [2.24, 2.45) is 5.10 Å². The van der Waals surface area contributed by atoms with E-state index >= 15 is 0 Å². The number of nitrogens with one attached hydrogen (secondary N) is 2. The smallest absolute Gasteiger partial charge is 0.187 e. The third kappa shape index (κ3) is 6.08. The van der Waals surface area contributed by atoms with Gasteiger partial charge in [-0.05, 0) is 42.4 Å². The molecular weight excluding hydrogens is 306 g/mol. The van der Waals surface area contributed by atoms with E-state index in [4.69, 9.17) is 17.0 Å². The van der Waals surface area contributed by atoms with E-state index < -0.39 is 0 Å². The van der Waals surface area contributed by atoms with Crippen LogP contribution in [0.1, 0.15) is 18.1 Å². The second-order valence-corrected chi connectivity index (χ2v) is 5.56. The molecule has 0 radical (unpaired) electrons. The van der Waals surface area contributed by atoms with E-state index in [-0.39, 0.29) is 0 Å². The fraction of sp³-hybridized carbons (Fsp3) is 0.222. The average molecular weight is 327 g/mol. The summed E-state index contributed by atoms with van der Waals surface area (Å²) in [6.45, 7) is 2.65. The van der Waals surface area contributed by atoms with Gasteiger partial charge in [-0.2, -0.15) is 5.10 Å². The number of nitrogens with zero attached hydrogens (tertiary/aromatic N) is 1. The number of hydrogen-bond donors (Lipinski definition) is 2. The molecule has 0 aliphatic carbocycles. The third-order valence-corrected chi connectivity index (χ3v) is 3.50. The van der Waals surface area contributed by atoms with Crippen molar-refractivity contribution in [2.45, 2.75) is 19.9 Å². The number of benzene rings is 2. The highest BCUT2D eigenvalue weighted by atomic mass is 32.1. The summed E-state index contributed by atoms with van der Waals surface area (Å²) in [7, 11) is 1.66. The lowest BCUT2D eigenvalue weighted by atomic mass is 10.1. The molecule has 0 fully saturated rings. The second kappa shape index (κ2) is 8.90. The molecule has 0 spiro atoms. The Morgan fingerprint density at radius 1 is 1.04 bits per heavy atom. The molecule has 2 aromatic rings. The van der Waals surface area contributed by atoms with E-state index in [1.54, 1.807) is 7.11 Å². The van der Waals surface area contributed by atoms with E-state index in [0.29, 0.717) is 11.7 Å². The van der Waals surface area contributed by atoms with E-state index in [1.165, 1.54) is 11.1 Å². The summed E-state index contributed by atoms with van der Waals surface area (Å²) >= 11 is 5.22. The van der Waals surface area contributed by atoms with Crippen molar-refractivity contribution in [1.29, 1.82) is 0 Å². The van der Waals surface area contributed by atoms with Crippen LogP contribution in [-0.4, -0.2) is 17.9 Å². The highest BCUT2D eigenvalue weighted by molar-refractivity contribution is 7.80. The summed E-state index contributed by atoms with van der Waals surface area (Å²) in [6.07, 6.45) is 0.762. The van der Waals surface area contributed by atoms with Crippen molar-refractivity contribution in [3.05, 3.63) is 65.7 Å². The number of methoxy groups -OCH3 is 1. The lowest BCUT2D eigenvalue weighted by Gasteiger charge is -2.08. The molecule has 120 valence electrons. The van der Waals surface area contributed by atoms with Crippen molar-refractivity contribution < 1.29 is 4.74 Å². The summed E-state index contributed by atoms with van der Waals surface area (Å²) in [6, 6.07) is 18.1. The molecule has 0 aliphatic heterocycles. The minimum Gasteiger partial charge on any atom is -0.497 e. The predicted molar refractivity (Wildman–Crippen MR) is 98.8 cm³/mol. The first-order valence-corrected chi connectivity index (χ1v) is 7.82. The van der Waals surface area contributed by atoms with Gasteiger partial charge in [0.05, 0.1) is 7.11 Å². The Kier molecular flexibility index (Phi) is 6.56. The number of thiocarbonyl (C=S) groups is 1. The molecule has 0 amide bonds. The fourth-order valence-corrected chi connectivity index (χ4v) is 2.16. The van der Waals surface area contributed by atoms with E-state index in [2.05, 4.69) is 15.8 Å². The van der Waals surface area contributed by atoms with Gasteiger partial charge in [0.2, 0.25) is 0 Å². The predicted octanol–water partition coefficient (Wildman–Crippen LogP) is 3.28. The Labute approximate surface area is 142 Å². The van der Waals surface area contributed by atoms with Crippen LogP contribution >= 0.6 is 12.2 Å². The van der Waals surface area contributed by atoms with Gasteiger partial charge in [0.15, 0.2) is 5.11 Å². The van der Waals surface area contributed by atoms with Gasteiger partial charge >= 0.3 is 0 Å². The maximum absolute atomic E-state index is 5.22. The highest BCUT2D eigenvalue weighted by Gasteiger charge is 1.99. The van der Waals surface area contributed by atoms with Crippen molar-refractivity contribution in [2.75, 3.05) is 7.11 Å². The number of hydrogen-bond acceptors (Lipinski definition) is 3. The van der Waals surface area contributed by atoms with Gasteiger partial charge in [-0.15, -0.1) is 0 Å². The lowest BCUT2D eigenvalue weighted by molar-refractivity contribution is 0.414. The molecule has 2 rings (SSSR count). The second-order valence-electron chi connectivity index (χ2n) is 5.15. The molecule has 2 N–H and O–H groups in total. The maximum atomic E-state index is 5.22.